The highest BCUT2D eigenvalue weighted by Crippen LogP contribution is 2.25. The second kappa shape index (κ2) is 4.93. The fourth-order valence-electron chi connectivity index (χ4n) is 1.90. The summed E-state index contributed by atoms with van der Waals surface area (Å²) in [6, 6.07) is 0. The van der Waals surface area contributed by atoms with Crippen LogP contribution < -0.4 is 11.1 Å². The standard InChI is InChI=1S/C11H16N4OS/c1-11(3-2-4-16-11)6-14-10-8(9(12)17)5-13-7-15-10/h5,7H,2-4,6H2,1H3,(H2,12,17)(H,13,14,15). The predicted molar refractivity (Wildman–Crippen MR) is 70.0 cm³/mol. The van der Waals surface area contributed by atoms with E-state index in [-0.39, 0.29) is 5.60 Å². The van der Waals surface area contributed by atoms with Crippen LogP contribution in [0.2, 0.25) is 0 Å². The minimum absolute atomic E-state index is 0.127. The van der Waals surface area contributed by atoms with Gasteiger partial charge >= 0.3 is 0 Å². The molecule has 2 heterocycles. The third-order valence-corrected chi connectivity index (χ3v) is 3.13. The van der Waals surface area contributed by atoms with Gasteiger partial charge in [-0.25, -0.2) is 9.97 Å². The van der Waals surface area contributed by atoms with E-state index in [4.69, 9.17) is 22.7 Å². The maximum Gasteiger partial charge on any atom is 0.139 e. The molecular weight excluding hydrogens is 236 g/mol. The molecule has 0 aromatic carbocycles. The lowest BCUT2D eigenvalue weighted by Crippen LogP contribution is -2.33. The second-order valence-electron chi connectivity index (χ2n) is 4.40. The molecule has 0 amide bonds. The van der Waals surface area contributed by atoms with Crippen LogP contribution in [-0.2, 0) is 4.74 Å². The molecule has 1 atom stereocenters. The molecule has 2 rings (SSSR count). The van der Waals surface area contributed by atoms with Crippen molar-refractivity contribution in [1.29, 1.82) is 0 Å². The normalized spacial score (nSPS) is 23.6. The Labute approximate surface area is 106 Å². The number of thiocarbonyl (C=S) groups is 1. The summed E-state index contributed by atoms with van der Waals surface area (Å²) < 4.78 is 5.69. The molecule has 0 aliphatic carbocycles. The average Bonchev–Trinajstić information content (AvgIpc) is 2.74. The van der Waals surface area contributed by atoms with Gasteiger partial charge < -0.3 is 15.8 Å². The van der Waals surface area contributed by atoms with Crippen LogP contribution in [-0.4, -0.2) is 33.7 Å². The number of hydrogen-bond acceptors (Lipinski definition) is 5. The summed E-state index contributed by atoms with van der Waals surface area (Å²) in [5.74, 6) is 0.671. The SMILES string of the molecule is CC1(CNc2ncncc2C(N)=S)CCCO1. The quantitative estimate of drug-likeness (QED) is 0.782. The van der Waals surface area contributed by atoms with E-state index in [1.54, 1.807) is 6.20 Å². The van der Waals surface area contributed by atoms with E-state index >= 15 is 0 Å². The largest absolute Gasteiger partial charge is 0.389 e. The molecule has 3 N–H and O–H groups in total. The third kappa shape index (κ3) is 2.89. The van der Waals surface area contributed by atoms with E-state index in [0.717, 1.165) is 19.4 Å². The number of nitrogens with two attached hydrogens (primary N) is 1. The summed E-state index contributed by atoms with van der Waals surface area (Å²) in [4.78, 5) is 8.36. The van der Waals surface area contributed by atoms with Gasteiger partial charge in [0.2, 0.25) is 0 Å². The molecule has 1 fully saturated rings. The van der Waals surface area contributed by atoms with E-state index < -0.39 is 0 Å². The lowest BCUT2D eigenvalue weighted by molar-refractivity contribution is 0.0315. The molecule has 1 aromatic rings. The van der Waals surface area contributed by atoms with E-state index in [1.807, 2.05) is 0 Å². The molecule has 92 valence electrons. The van der Waals surface area contributed by atoms with E-state index in [9.17, 15) is 0 Å². The van der Waals surface area contributed by atoms with Crippen LogP contribution in [0.4, 0.5) is 5.82 Å². The minimum atomic E-state index is -0.127. The number of aromatic nitrogens is 2. The Morgan fingerprint density at radius 2 is 2.53 bits per heavy atom. The Kier molecular flexibility index (Phi) is 3.54. The summed E-state index contributed by atoms with van der Waals surface area (Å²) in [6.07, 6.45) is 5.25. The smallest absolute Gasteiger partial charge is 0.139 e. The highest BCUT2D eigenvalue weighted by Gasteiger charge is 2.29. The predicted octanol–water partition coefficient (Wildman–Crippen LogP) is 1.09. The van der Waals surface area contributed by atoms with Gasteiger partial charge in [-0.1, -0.05) is 12.2 Å². The van der Waals surface area contributed by atoms with Gasteiger partial charge in [-0.15, -0.1) is 0 Å². The van der Waals surface area contributed by atoms with Gasteiger partial charge in [0.25, 0.3) is 0 Å². The fraction of sp³-hybridized carbons (Fsp3) is 0.545. The van der Waals surface area contributed by atoms with E-state index in [1.165, 1.54) is 6.33 Å². The van der Waals surface area contributed by atoms with Gasteiger partial charge in [0, 0.05) is 19.3 Å². The number of nitrogens with zero attached hydrogens (tertiary/aromatic N) is 2. The highest BCUT2D eigenvalue weighted by molar-refractivity contribution is 7.80. The van der Waals surface area contributed by atoms with Gasteiger partial charge in [0.1, 0.15) is 17.1 Å². The molecule has 1 aromatic heterocycles. The molecule has 1 unspecified atom stereocenters. The molecule has 5 nitrogen and oxygen atoms in total. The van der Waals surface area contributed by atoms with Crippen molar-refractivity contribution in [2.75, 3.05) is 18.5 Å². The van der Waals surface area contributed by atoms with Crippen molar-refractivity contribution < 1.29 is 4.74 Å². The van der Waals surface area contributed by atoms with Crippen molar-refractivity contribution in [2.45, 2.75) is 25.4 Å². The zero-order valence-corrected chi connectivity index (χ0v) is 10.6. The van der Waals surface area contributed by atoms with E-state index in [2.05, 4.69) is 22.2 Å². The monoisotopic (exact) mass is 252 g/mol. The first kappa shape index (κ1) is 12.2. The molecule has 6 heteroatoms. The van der Waals surface area contributed by atoms with Crippen LogP contribution in [0.1, 0.15) is 25.3 Å². The molecule has 0 radical (unpaired) electrons. The number of rotatable bonds is 4. The zero-order chi connectivity index (χ0) is 12.3. The van der Waals surface area contributed by atoms with Gasteiger partial charge in [0.05, 0.1) is 11.2 Å². The van der Waals surface area contributed by atoms with Crippen LogP contribution in [0.15, 0.2) is 12.5 Å². The Hall–Kier alpha value is -1.27. The fourth-order valence-corrected chi connectivity index (χ4v) is 2.05. The van der Waals surface area contributed by atoms with Crippen LogP contribution in [0.3, 0.4) is 0 Å². The molecule has 1 saturated heterocycles. The van der Waals surface area contributed by atoms with Crippen LogP contribution in [0.5, 0.6) is 0 Å². The van der Waals surface area contributed by atoms with Crippen LogP contribution in [0.25, 0.3) is 0 Å². The molecule has 1 aliphatic heterocycles. The lowest BCUT2D eigenvalue weighted by atomic mass is 10.0. The Balaban J connectivity index is 2.06. The number of ether oxygens (including phenoxy) is 1. The summed E-state index contributed by atoms with van der Waals surface area (Å²) in [6.45, 7) is 3.61. The Bertz CT molecular complexity index is 418. The summed E-state index contributed by atoms with van der Waals surface area (Å²) in [5.41, 5.74) is 6.16. The van der Waals surface area contributed by atoms with Crippen molar-refractivity contribution in [2.24, 2.45) is 5.73 Å². The van der Waals surface area contributed by atoms with Gasteiger partial charge in [-0.05, 0) is 19.8 Å². The number of hydrogen-bond donors (Lipinski definition) is 2. The summed E-state index contributed by atoms with van der Waals surface area (Å²) in [5, 5.41) is 3.23. The van der Waals surface area contributed by atoms with Crippen molar-refractivity contribution in [1.82, 2.24) is 9.97 Å². The third-order valence-electron chi connectivity index (χ3n) is 2.91. The van der Waals surface area contributed by atoms with Crippen molar-refractivity contribution in [3.05, 3.63) is 18.1 Å². The van der Waals surface area contributed by atoms with Gasteiger partial charge in [-0.3, -0.25) is 0 Å². The topological polar surface area (TPSA) is 73.1 Å². The van der Waals surface area contributed by atoms with Crippen LogP contribution >= 0.6 is 12.2 Å². The summed E-state index contributed by atoms with van der Waals surface area (Å²) in [7, 11) is 0. The minimum Gasteiger partial charge on any atom is -0.389 e. The highest BCUT2D eigenvalue weighted by atomic mass is 32.1. The molecule has 0 bridgehead atoms. The second-order valence-corrected chi connectivity index (χ2v) is 4.84. The van der Waals surface area contributed by atoms with E-state index in [0.29, 0.717) is 22.9 Å². The molecule has 0 saturated carbocycles. The van der Waals surface area contributed by atoms with Gasteiger partial charge in [-0.2, -0.15) is 0 Å². The molecule has 1 aliphatic rings. The van der Waals surface area contributed by atoms with Crippen molar-refractivity contribution in [3.8, 4) is 0 Å². The number of nitrogens with one attached hydrogen (secondary N) is 1. The average molecular weight is 252 g/mol. The molecule has 0 spiro atoms. The van der Waals surface area contributed by atoms with Gasteiger partial charge in [0.15, 0.2) is 0 Å². The van der Waals surface area contributed by atoms with Crippen molar-refractivity contribution in [3.63, 3.8) is 0 Å². The van der Waals surface area contributed by atoms with Crippen LogP contribution in [0, 0.1) is 0 Å². The maximum absolute atomic E-state index is 5.69. The first-order valence-corrected chi connectivity index (χ1v) is 5.99. The molecule has 17 heavy (non-hydrogen) atoms. The van der Waals surface area contributed by atoms with Crippen molar-refractivity contribution >= 4 is 23.0 Å². The lowest BCUT2D eigenvalue weighted by Gasteiger charge is -2.24. The zero-order valence-electron chi connectivity index (χ0n) is 9.77. The maximum atomic E-state index is 5.69. The first-order chi connectivity index (χ1) is 8.11. The Morgan fingerprint density at radius 1 is 1.71 bits per heavy atom. The summed E-state index contributed by atoms with van der Waals surface area (Å²) >= 11 is 4.95. The molecular formula is C11H16N4OS. The number of anilines is 1. The first-order valence-electron chi connectivity index (χ1n) is 5.58. The Morgan fingerprint density at radius 3 is 3.18 bits per heavy atom.